The molecule has 7 rings (SSSR count). The lowest BCUT2D eigenvalue weighted by Gasteiger charge is -2.31. The molecule has 184 valence electrons. The fraction of sp³-hybridized carbons (Fsp3) is 0.214. The summed E-state index contributed by atoms with van der Waals surface area (Å²) < 4.78 is 10.6. The van der Waals surface area contributed by atoms with Gasteiger partial charge in [0.05, 0.1) is 23.3 Å². The molecule has 3 aromatic rings. The number of thioether (sulfide) groups is 1. The predicted molar refractivity (Wildman–Crippen MR) is 141 cm³/mol. The summed E-state index contributed by atoms with van der Waals surface area (Å²) in [6, 6.07) is 28.7. The van der Waals surface area contributed by atoms with Crippen LogP contribution in [0.25, 0.3) is 0 Å². The van der Waals surface area contributed by atoms with Crippen molar-refractivity contribution < 1.29 is 19.1 Å². The summed E-state index contributed by atoms with van der Waals surface area (Å²) in [6.45, 7) is 0.349. The molecule has 0 radical (unpaired) electrons. The topological polar surface area (TPSA) is 83.8 Å². The Labute approximate surface area is 217 Å². The molecule has 2 fully saturated rings. The summed E-state index contributed by atoms with van der Waals surface area (Å²) in [5.41, 5.74) is 3.33. The molecule has 8 nitrogen and oxygen atoms in total. The number of carbonyl (C=O) groups excluding carboxylic acids is 2. The maximum absolute atomic E-state index is 13.6. The van der Waals surface area contributed by atoms with Crippen LogP contribution in [0.15, 0.2) is 101 Å². The minimum atomic E-state index is -0.712. The number of carbonyl (C=O) groups is 2. The number of hydrogen-bond acceptors (Lipinski definition) is 9. The number of rotatable bonds is 5. The predicted octanol–water partition coefficient (Wildman–Crippen LogP) is 3.84. The lowest BCUT2D eigenvalue weighted by atomic mass is 9.84. The van der Waals surface area contributed by atoms with Gasteiger partial charge in [0, 0.05) is 0 Å². The Hall–Kier alpha value is -4.11. The van der Waals surface area contributed by atoms with Crippen molar-refractivity contribution in [3.05, 3.63) is 96.6 Å². The van der Waals surface area contributed by atoms with Gasteiger partial charge >= 0.3 is 11.9 Å². The van der Waals surface area contributed by atoms with Crippen molar-refractivity contribution in [2.45, 2.75) is 22.8 Å². The molecule has 4 aliphatic heterocycles. The number of ether oxygens (including phenoxy) is 2. The molecule has 0 aromatic heterocycles. The first-order valence-electron chi connectivity index (χ1n) is 12.1. The molecule has 0 saturated carbocycles. The first-order valence-corrected chi connectivity index (χ1v) is 13.0. The van der Waals surface area contributed by atoms with Crippen molar-refractivity contribution in [1.82, 2.24) is 0 Å². The average Bonchev–Trinajstić information content (AvgIpc) is 3.65. The number of benzene rings is 3. The summed E-state index contributed by atoms with van der Waals surface area (Å²) in [5.74, 6) is -1.25. The van der Waals surface area contributed by atoms with Gasteiger partial charge in [-0.25, -0.2) is 9.59 Å². The number of para-hydroxylation sites is 2. The zero-order valence-electron chi connectivity index (χ0n) is 19.6. The van der Waals surface area contributed by atoms with E-state index in [4.69, 9.17) is 19.7 Å². The van der Waals surface area contributed by atoms with Crippen LogP contribution in [-0.4, -0.2) is 46.1 Å². The molecule has 0 amide bonds. The number of nitrogens with zero attached hydrogens (tertiary/aromatic N) is 4. The van der Waals surface area contributed by atoms with Crippen LogP contribution in [0.1, 0.15) is 5.56 Å². The van der Waals surface area contributed by atoms with Crippen LogP contribution in [0, 0.1) is 5.92 Å². The van der Waals surface area contributed by atoms with Gasteiger partial charge in [-0.05, 0) is 29.8 Å². The summed E-state index contributed by atoms with van der Waals surface area (Å²) in [4.78, 5) is 26.4. The van der Waals surface area contributed by atoms with Crippen LogP contribution < -0.4 is 10.0 Å². The highest BCUT2D eigenvalue weighted by atomic mass is 32.2. The Morgan fingerprint density at radius 1 is 0.919 bits per heavy atom. The van der Waals surface area contributed by atoms with E-state index in [1.54, 1.807) is 11.8 Å². The first-order chi connectivity index (χ1) is 18.2. The van der Waals surface area contributed by atoms with Crippen molar-refractivity contribution in [3.8, 4) is 0 Å². The Balaban J connectivity index is 1.30. The SMILES string of the molecule is O=C(OCc1ccccc1)C1=NN(c2ccccc2)[C@H]2S[C@]34COC(=O)C3=NN(c3ccccc3)[C@@H]4[C@@H]12. The van der Waals surface area contributed by atoms with E-state index in [1.165, 1.54) is 0 Å². The van der Waals surface area contributed by atoms with Crippen molar-refractivity contribution in [2.75, 3.05) is 16.6 Å². The average molecular weight is 511 g/mol. The number of hydrazone groups is 2. The number of fused-ring (bicyclic) bond motifs is 2. The summed E-state index contributed by atoms with van der Waals surface area (Å²) >= 11 is 1.60. The monoisotopic (exact) mass is 510 g/mol. The largest absolute Gasteiger partial charge is 0.459 e. The highest BCUT2D eigenvalue weighted by molar-refractivity contribution is 8.02. The lowest BCUT2D eigenvalue weighted by molar-refractivity contribution is -0.137. The van der Waals surface area contributed by atoms with Gasteiger partial charge in [0.1, 0.15) is 23.3 Å². The van der Waals surface area contributed by atoms with Gasteiger partial charge < -0.3 is 9.47 Å². The van der Waals surface area contributed by atoms with Gasteiger partial charge in [-0.3, -0.25) is 10.0 Å². The number of hydrogen-bond donors (Lipinski definition) is 0. The van der Waals surface area contributed by atoms with Crippen LogP contribution in [0.2, 0.25) is 0 Å². The lowest BCUT2D eigenvalue weighted by Crippen LogP contribution is -2.50. The van der Waals surface area contributed by atoms with Crippen LogP contribution >= 0.6 is 11.8 Å². The Morgan fingerprint density at radius 2 is 1.54 bits per heavy atom. The molecule has 4 aliphatic rings. The molecule has 1 spiro atoms. The molecule has 0 bridgehead atoms. The zero-order chi connectivity index (χ0) is 25.0. The Kier molecular flexibility index (Phi) is 5.07. The minimum Gasteiger partial charge on any atom is -0.459 e. The molecule has 0 N–H and O–H groups in total. The summed E-state index contributed by atoms with van der Waals surface area (Å²) in [7, 11) is 0. The molecule has 0 aliphatic carbocycles. The Bertz CT molecular complexity index is 1430. The van der Waals surface area contributed by atoms with Gasteiger partial charge in [0.2, 0.25) is 0 Å². The van der Waals surface area contributed by atoms with Crippen LogP contribution in [-0.2, 0) is 25.7 Å². The van der Waals surface area contributed by atoms with E-state index in [0.717, 1.165) is 16.9 Å². The maximum Gasteiger partial charge on any atom is 0.356 e. The first kappa shape index (κ1) is 22.1. The van der Waals surface area contributed by atoms with Crippen molar-refractivity contribution >= 4 is 46.5 Å². The van der Waals surface area contributed by atoms with E-state index in [2.05, 4.69) is 0 Å². The van der Waals surface area contributed by atoms with E-state index < -0.39 is 16.7 Å². The highest BCUT2D eigenvalue weighted by Gasteiger charge is 2.72. The fourth-order valence-electron chi connectivity index (χ4n) is 5.53. The van der Waals surface area contributed by atoms with Crippen molar-refractivity contribution in [3.63, 3.8) is 0 Å². The van der Waals surface area contributed by atoms with Gasteiger partial charge in [-0.1, -0.05) is 66.7 Å². The number of cyclic esters (lactones) is 1. The van der Waals surface area contributed by atoms with Gasteiger partial charge in [-0.15, -0.1) is 11.8 Å². The van der Waals surface area contributed by atoms with Crippen LogP contribution in [0.4, 0.5) is 11.4 Å². The smallest absolute Gasteiger partial charge is 0.356 e. The third kappa shape index (κ3) is 3.37. The van der Waals surface area contributed by atoms with Gasteiger partial charge in [-0.2, -0.15) is 10.2 Å². The van der Waals surface area contributed by atoms with E-state index >= 15 is 0 Å². The Morgan fingerprint density at radius 3 is 2.22 bits per heavy atom. The number of anilines is 2. The molecule has 37 heavy (non-hydrogen) atoms. The molecule has 4 heterocycles. The number of esters is 2. The second-order valence-electron chi connectivity index (χ2n) is 9.30. The van der Waals surface area contributed by atoms with Crippen molar-refractivity contribution in [1.29, 1.82) is 0 Å². The molecule has 4 atom stereocenters. The molecule has 9 heteroatoms. The summed E-state index contributed by atoms with van der Waals surface area (Å²) in [5, 5.41) is 13.1. The molecule has 2 saturated heterocycles. The van der Waals surface area contributed by atoms with Gasteiger partial charge in [0.25, 0.3) is 0 Å². The van der Waals surface area contributed by atoms with Crippen LogP contribution in [0.3, 0.4) is 0 Å². The molecule has 0 unspecified atom stereocenters. The molecular weight excluding hydrogens is 488 g/mol. The minimum absolute atomic E-state index is 0.149. The third-order valence-electron chi connectivity index (χ3n) is 7.17. The quantitative estimate of drug-likeness (QED) is 0.483. The second-order valence-corrected chi connectivity index (χ2v) is 10.7. The molecule has 3 aromatic carbocycles. The van der Waals surface area contributed by atoms with Crippen LogP contribution in [0.5, 0.6) is 0 Å². The van der Waals surface area contributed by atoms with E-state index in [1.807, 2.05) is 101 Å². The fourth-order valence-corrected chi connectivity index (χ4v) is 7.40. The van der Waals surface area contributed by atoms with E-state index in [9.17, 15) is 9.59 Å². The molecular formula is C28H22N4O4S. The third-order valence-corrected chi connectivity index (χ3v) is 8.88. The normalized spacial score (nSPS) is 27.2. The maximum atomic E-state index is 13.6. The zero-order valence-corrected chi connectivity index (χ0v) is 20.5. The van der Waals surface area contributed by atoms with Gasteiger partial charge in [0.15, 0.2) is 11.4 Å². The summed E-state index contributed by atoms with van der Waals surface area (Å²) in [6.07, 6.45) is 0. The standard InChI is InChI=1S/C28H22N4O4S/c33-26(35-16-18-10-4-1-5-11-18)22-21-24-28(37-25(21)32(29-22)20-14-8-3-9-15-20)17-36-27(34)23(28)30-31(24)19-12-6-2-7-13-19/h1-15,21,24-25H,16-17H2/t21-,24-,25+,28-/m1/s1. The van der Waals surface area contributed by atoms with E-state index in [0.29, 0.717) is 11.4 Å². The van der Waals surface area contributed by atoms with Crippen molar-refractivity contribution in [2.24, 2.45) is 16.1 Å². The second kappa shape index (κ2) is 8.48. The van der Waals surface area contributed by atoms with E-state index in [-0.39, 0.29) is 30.5 Å². The highest BCUT2D eigenvalue weighted by Crippen LogP contribution is 2.59.